The number of likely N-dealkylation sites (tertiary alicyclic amines) is 1. The third-order valence-corrected chi connectivity index (χ3v) is 13.3. The van der Waals surface area contributed by atoms with E-state index >= 15 is 0 Å². The number of aliphatic carboxylic acids is 1. The van der Waals surface area contributed by atoms with Crippen molar-refractivity contribution >= 4 is 100 Å². The van der Waals surface area contributed by atoms with Gasteiger partial charge < -0.3 is 30.1 Å². The lowest BCUT2D eigenvalue weighted by molar-refractivity contribution is -0.130. The Hall–Kier alpha value is -9.88. The Labute approximate surface area is 448 Å². The fourth-order valence-corrected chi connectivity index (χ4v) is 9.32. The molecule has 1 saturated heterocycles. The molecule has 22 nitrogen and oxygen atoms in total. The van der Waals surface area contributed by atoms with E-state index in [1.54, 1.807) is 78.8 Å². The number of nitrogens with zero attached hydrogens (tertiary/aromatic N) is 9. The number of nitrogens with one attached hydrogen (secondary N) is 6. The van der Waals surface area contributed by atoms with Crippen molar-refractivity contribution in [2.45, 2.75) is 70.9 Å². The molecule has 0 unspecified atom stereocenters. The number of hydrogen-bond donors (Lipinski definition) is 7. The van der Waals surface area contributed by atoms with Crippen molar-refractivity contribution in [1.29, 1.82) is 0 Å². The van der Waals surface area contributed by atoms with Crippen molar-refractivity contribution in [2.24, 2.45) is 0 Å². The second-order valence-electron chi connectivity index (χ2n) is 16.9. The summed E-state index contributed by atoms with van der Waals surface area (Å²) in [6, 6.07) is 17.5. The van der Waals surface area contributed by atoms with Gasteiger partial charge in [-0.15, -0.1) is 22.7 Å². The van der Waals surface area contributed by atoms with Crippen LogP contribution in [-0.2, 0) is 9.59 Å². The molecule has 6 aromatic heterocycles. The number of benzene rings is 2. The molecule has 1 aliphatic heterocycles. The molecule has 77 heavy (non-hydrogen) atoms. The molecule has 388 valence electrons. The largest absolute Gasteiger partial charge is 0.472 e. The van der Waals surface area contributed by atoms with Crippen molar-refractivity contribution in [3.63, 3.8) is 0 Å². The summed E-state index contributed by atoms with van der Waals surface area (Å²) in [4.78, 5) is 71.8. The van der Waals surface area contributed by atoms with Gasteiger partial charge in [-0.25, -0.2) is 34.4 Å². The van der Waals surface area contributed by atoms with Gasteiger partial charge in [-0.1, -0.05) is 31.1 Å². The van der Waals surface area contributed by atoms with Gasteiger partial charge in [0.1, 0.15) is 33.8 Å². The van der Waals surface area contributed by atoms with Gasteiger partial charge in [0, 0.05) is 79.1 Å². The summed E-state index contributed by atoms with van der Waals surface area (Å²) in [6.07, 6.45) is 13.9. The van der Waals surface area contributed by atoms with E-state index in [0.29, 0.717) is 96.0 Å². The number of rotatable bonds is 12. The molecule has 3 amide bonds. The first-order valence-corrected chi connectivity index (χ1v) is 25.6. The van der Waals surface area contributed by atoms with Gasteiger partial charge in [0.2, 0.25) is 0 Å². The topological polar surface area (TPSA) is 276 Å². The van der Waals surface area contributed by atoms with Crippen LogP contribution in [0.1, 0.15) is 79.5 Å². The minimum Gasteiger partial charge on any atom is -0.472 e. The van der Waals surface area contributed by atoms with E-state index < -0.39 is 5.97 Å². The molecule has 2 fully saturated rings. The second kappa shape index (κ2) is 25.9. The van der Waals surface area contributed by atoms with E-state index in [1.165, 1.54) is 38.6 Å². The van der Waals surface area contributed by atoms with Crippen molar-refractivity contribution < 1.29 is 33.8 Å². The number of anilines is 4. The number of aromatic nitrogens is 8. The third-order valence-electron chi connectivity index (χ3n) is 11.6. The lowest BCUT2D eigenvalue weighted by Gasteiger charge is -2.32. The minimum absolute atomic E-state index is 0.00686. The molecule has 10 rings (SSSR count). The van der Waals surface area contributed by atoms with Crippen LogP contribution < -0.4 is 30.7 Å². The molecule has 0 radical (unpaired) electrons. The number of piperidine rings is 1. The number of carbonyl (C=O) groups excluding carboxylic acids is 3. The van der Waals surface area contributed by atoms with E-state index in [1.807, 2.05) is 12.0 Å². The lowest BCUT2D eigenvalue weighted by Crippen LogP contribution is -2.44. The zero-order chi connectivity index (χ0) is 54.1. The fraction of sp³-hybridized carbons (Fsp3) is 0.245. The third kappa shape index (κ3) is 14.2. The quantitative estimate of drug-likeness (QED) is 0.0443. The van der Waals surface area contributed by atoms with Crippen LogP contribution in [0.25, 0.3) is 31.8 Å². The van der Waals surface area contributed by atoms with Crippen LogP contribution in [-0.4, -0.2) is 99.2 Å². The molecule has 1 aliphatic carbocycles. The van der Waals surface area contributed by atoms with E-state index in [2.05, 4.69) is 89.0 Å². The second-order valence-corrected chi connectivity index (χ2v) is 18.9. The Bertz CT molecular complexity index is 3620. The van der Waals surface area contributed by atoms with Crippen LogP contribution in [0.2, 0.25) is 0 Å². The van der Waals surface area contributed by atoms with Crippen LogP contribution in [0.4, 0.5) is 31.9 Å². The summed E-state index contributed by atoms with van der Waals surface area (Å²) >= 11 is 2.25. The SMILES string of the molecule is CC#CC(=O)O.[C-]#[N+]c1cnc(NC(=O)c2ccc(Oc3ccnc4[nH]nc(NC5CCCCC5)c34)cc2)s1.[C-]#[N+]c1cnc(NC(=O)c2ccc(Oc3ccnc4[nH]nc(N[C@@H]5CCCN(C(=O)C#CC)C5)c34)cc2)s1. The zero-order valence-electron chi connectivity index (χ0n) is 41.3. The molecule has 1 atom stereocenters. The Morgan fingerprint density at radius 2 is 1.14 bits per heavy atom. The van der Waals surface area contributed by atoms with Gasteiger partial charge in [-0.2, -0.15) is 10.2 Å². The molecule has 1 saturated carbocycles. The summed E-state index contributed by atoms with van der Waals surface area (Å²) in [5, 5.41) is 37.9. The highest BCUT2D eigenvalue weighted by Gasteiger charge is 2.25. The number of hydrogen-bond acceptors (Lipinski definition) is 16. The highest BCUT2D eigenvalue weighted by atomic mass is 32.1. The number of pyridine rings is 2. The van der Waals surface area contributed by atoms with E-state index in [4.69, 9.17) is 27.7 Å². The Morgan fingerprint density at radius 3 is 1.58 bits per heavy atom. The molecule has 24 heteroatoms. The van der Waals surface area contributed by atoms with Crippen LogP contribution >= 0.6 is 22.7 Å². The normalized spacial score (nSPS) is 13.7. The first-order valence-electron chi connectivity index (χ1n) is 23.9. The summed E-state index contributed by atoms with van der Waals surface area (Å²) in [5.74, 6) is 11.1. The van der Waals surface area contributed by atoms with Crippen LogP contribution in [0.15, 0.2) is 85.5 Å². The van der Waals surface area contributed by atoms with E-state index in [0.717, 1.165) is 59.6 Å². The Balaban J connectivity index is 0.000000186. The standard InChI is InChI=1S/C26H22N8O3S.C23H21N7O2S.C4H4O2/c1-3-5-21(35)34-13-4-6-17(15-34)30-24-22-19(11-12-28-23(22)32-33-24)37-18-9-7-16(8-10-18)25(36)31-26-29-14-20(27-2)38-26;1-24-18-13-26-23(33-18)28-22(31)14-7-9-16(10-8-14)32-17-11-12-25-20-19(17)21(30-29-20)27-15-5-3-2-4-6-15;1-2-3-4(5)6/h7-12,14,17H,4,6,13,15H2,1H3,(H,29,31,36)(H2,28,30,32,33);7-13,15H,2-6H2,(H,26,28,31)(H2,25,27,29,30);1H3,(H,5,6)/t17-;;/m1../s1. The molecular weight excluding hydrogens is 1020 g/mol. The van der Waals surface area contributed by atoms with Gasteiger partial charge in [-0.3, -0.25) is 35.2 Å². The summed E-state index contributed by atoms with van der Waals surface area (Å²) < 4.78 is 12.3. The van der Waals surface area contributed by atoms with Gasteiger partial charge in [0.15, 0.2) is 33.2 Å². The smallest absolute Gasteiger partial charge is 0.381 e. The molecule has 7 N–H and O–H groups in total. The van der Waals surface area contributed by atoms with Gasteiger partial charge in [0.05, 0.1) is 13.1 Å². The fourth-order valence-electron chi connectivity index (χ4n) is 8.12. The first kappa shape index (κ1) is 53.4. The van der Waals surface area contributed by atoms with Crippen LogP contribution in [0.5, 0.6) is 23.0 Å². The molecule has 0 spiro atoms. The highest BCUT2D eigenvalue weighted by molar-refractivity contribution is 7.20. The molecule has 0 bridgehead atoms. The summed E-state index contributed by atoms with van der Waals surface area (Å²) in [6.45, 7) is 18.3. The molecule has 2 aromatic carbocycles. The van der Waals surface area contributed by atoms with Crippen molar-refractivity contribution in [1.82, 2.24) is 45.2 Å². The van der Waals surface area contributed by atoms with Crippen molar-refractivity contribution in [3.8, 4) is 46.7 Å². The maximum atomic E-state index is 12.5. The number of fused-ring (bicyclic) bond motifs is 2. The number of aromatic amines is 2. The molecule has 2 aliphatic rings. The number of thiazole rings is 2. The van der Waals surface area contributed by atoms with Crippen LogP contribution in [0, 0.1) is 36.8 Å². The highest BCUT2D eigenvalue weighted by Crippen LogP contribution is 2.36. The first-order chi connectivity index (χ1) is 37.5. The average Bonchev–Trinajstić information content (AvgIpc) is 4.30. The lowest BCUT2D eigenvalue weighted by atomic mass is 9.95. The predicted molar refractivity (Wildman–Crippen MR) is 292 cm³/mol. The summed E-state index contributed by atoms with van der Waals surface area (Å²) in [7, 11) is 0. The van der Waals surface area contributed by atoms with Gasteiger partial charge in [0.25, 0.3) is 27.7 Å². The average molecular weight is 1070 g/mol. The van der Waals surface area contributed by atoms with Crippen molar-refractivity contribution in [2.75, 3.05) is 34.4 Å². The predicted octanol–water partition coefficient (Wildman–Crippen LogP) is 10.3. The number of ether oxygens (including phenoxy) is 2. The number of amides is 3. The van der Waals surface area contributed by atoms with Gasteiger partial charge in [-0.05, 0) is 94.0 Å². The maximum absolute atomic E-state index is 12.5. The number of carbonyl (C=O) groups is 4. The summed E-state index contributed by atoms with van der Waals surface area (Å²) in [5.41, 5.74) is 2.10. The van der Waals surface area contributed by atoms with E-state index in [-0.39, 0.29) is 23.8 Å². The van der Waals surface area contributed by atoms with Crippen molar-refractivity contribution in [3.05, 3.63) is 119 Å². The minimum atomic E-state index is -1.07. The number of carboxylic acid groups (broad SMARTS) is 1. The Morgan fingerprint density at radius 1 is 0.662 bits per heavy atom. The van der Waals surface area contributed by atoms with Crippen LogP contribution in [0.3, 0.4) is 0 Å². The molecule has 7 heterocycles. The Kier molecular flexibility index (Phi) is 17.9. The molecule has 8 aromatic rings. The molecular formula is C53H47N15O7S2. The zero-order valence-corrected chi connectivity index (χ0v) is 43.0. The van der Waals surface area contributed by atoms with Gasteiger partial charge >= 0.3 is 5.97 Å². The van der Waals surface area contributed by atoms with E-state index in [9.17, 15) is 19.2 Å². The monoisotopic (exact) mass is 1070 g/mol. The number of carboxylic acids is 1. The number of H-pyrrole nitrogens is 2. The maximum Gasteiger partial charge on any atom is 0.381 e.